The molecule has 0 unspecified atom stereocenters. The summed E-state index contributed by atoms with van der Waals surface area (Å²) in [7, 11) is 1.98. The second-order valence-corrected chi connectivity index (χ2v) is 3.72. The van der Waals surface area contributed by atoms with Crippen LogP contribution in [0.15, 0.2) is 12.1 Å². The van der Waals surface area contributed by atoms with Crippen LogP contribution < -0.4 is 15.4 Å². The summed E-state index contributed by atoms with van der Waals surface area (Å²) in [5.74, 6) is 0.400. The third-order valence-electron chi connectivity index (χ3n) is 2.64. The number of anilines is 1. The van der Waals surface area contributed by atoms with Crippen molar-refractivity contribution in [3.63, 3.8) is 0 Å². The number of hydrogen-bond acceptors (Lipinski definition) is 3. The van der Waals surface area contributed by atoms with E-state index in [-0.39, 0.29) is 5.82 Å². The molecule has 0 bridgehead atoms. The summed E-state index contributed by atoms with van der Waals surface area (Å²) in [5, 5.41) is 0. The fourth-order valence-corrected chi connectivity index (χ4v) is 1.76. The molecule has 1 aromatic carbocycles. The molecule has 0 saturated carbocycles. The Labute approximate surface area is 88.6 Å². The predicted octanol–water partition coefficient (Wildman–Crippen LogP) is 1.16. The number of ether oxygens (including phenoxy) is 1. The molecule has 1 heterocycles. The van der Waals surface area contributed by atoms with Crippen molar-refractivity contribution in [1.82, 2.24) is 0 Å². The third-order valence-corrected chi connectivity index (χ3v) is 2.64. The van der Waals surface area contributed by atoms with Gasteiger partial charge >= 0.3 is 0 Å². The fourth-order valence-electron chi connectivity index (χ4n) is 1.76. The minimum atomic E-state index is -0.227. The molecule has 0 spiro atoms. The van der Waals surface area contributed by atoms with Gasteiger partial charge in [0.05, 0.1) is 12.2 Å². The quantitative estimate of drug-likeness (QED) is 0.796. The summed E-state index contributed by atoms with van der Waals surface area (Å²) in [6.07, 6.45) is 0.562. The van der Waals surface area contributed by atoms with E-state index in [1.807, 2.05) is 13.1 Å². The summed E-state index contributed by atoms with van der Waals surface area (Å²) in [5.41, 5.74) is 7.04. The van der Waals surface area contributed by atoms with Crippen LogP contribution in [0.5, 0.6) is 5.75 Å². The first-order chi connectivity index (χ1) is 7.22. The van der Waals surface area contributed by atoms with Crippen LogP contribution in [0.1, 0.15) is 5.56 Å². The van der Waals surface area contributed by atoms with E-state index in [9.17, 15) is 4.39 Å². The highest BCUT2D eigenvalue weighted by atomic mass is 19.1. The van der Waals surface area contributed by atoms with Crippen molar-refractivity contribution >= 4 is 5.69 Å². The zero-order chi connectivity index (χ0) is 10.8. The molecule has 4 heteroatoms. The lowest BCUT2D eigenvalue weighted by Gasteiger charge is -2.28. The second-order valence-electron chi connectivity index (χ2n) is 3.72. The number of nitrogens with two attached hydrogens (primary N) is 1. The molecule has 1 aliphatic rings. The molecule has 2 N–H and O–H groups in total. The molecule has 2 rings (SSSR count). The highest BCUT2D eigenvalue weighted by Gasteiger charge is 2.17. The zero-order valence-corrected chi connectivity index (χ0v) is 8.79. The molecule has 15 heavy (non-hydrogen) atoms. The van der Waals surface area contributed by atoms with Crippen LogP contribution in [0.3, 0.4) is 0 Å². The van der Waals surface area contributed by atoms with Gasteiger partial charge in [0.25, 0.3) is 0 Å². The Hall–Kier alpha value is -1.29. The van der Waals surface area contributed by atoms with Gasteiger partial charge in [-0.05, 0) is 24.6 Å². The number of hydrogen-bond donors (Lipinski definition) is 1. The largest absolute Gasteiger partial charge is 0.489 e. The predicted molar refractivity (Wildman–Crippen MR) is 57.9 cm³/mol. The third kappa shape index (κ3) is 1.90. The highest BCUT2D eigenvalue weighted by Crippen LogP contribution is 2.33. The standard InChI is InChI=1S/C11H15FN2O/c1-14-4-5-15-11-7-9(12)8(2-3-13)6-10(11)14/h6-7H,2-5,13H2,1H3. The molecule has 3 nitrogen and oxygen atoms in total. The van der Waals surface area contributed by atoms with E-state index in [2.05, 4.69) is 4.90 Å². The van der Waals surface area contributed by atoms with E-state index in [0.717, 1.165) is 12.2 Å². The van der Waals surface area contributed by atoms with Gasteiger partial charge in [0.15, 0.2) is 0 Å². The Bertz CT molecular complexity index is 368. The molecule has 0 saturated heterocycles. The maximum atomic E-state index is 13.5. The van der Waals surface area contributed by atoms with Crippen LogP contribution >= 0.6 is 0 Å². The molecule has 1 aliphatic heterocycles. The van der Waals surface area contributed by atoms with E-state index in [0.29, 0.717) is 30.9 Å². The van der Waals surface area contributed by atoms with Gasteiger partial charge in [-0.3, -0.25) is 0 Å². The number of likely N-dealkylation sites (N-methyl/N-ethyl adjacent to an activating group) is 1. The minimum absolute atomic E-state index is 0.227. The van der Waals surface area contributed by atoms with Crippen molar-refractivity contribution in [2.45, 2.75) is 6.42 Å². The molecular weight excluding hydrogens is 195 g/mol. The SMILES string of the molecule is CN1CCOc2cc(F)c(CCN)cc21. The average Bonchev–Trinajstić information content (AvgIpc) is 2.21. The molecule has 0 radical (unpaired) electrons. The van der Waals surface area contributed by atoms with Crippen LogP contribution in [0.4, 0.5) is 10.1 Å². The zero-order valence-electron chi connectivity index (χ0n) is 8.79. The number of benzene rings is 1. The normalized spacial score (nSPS) is 14.7. The van der Waals surface area contributed by atoms with Crippen molar-refractivity contribution in [3.05, 3.63) is 23.5 Å². The van der Waals surface area contributed by atoms with E-state index >= 15 is 0 Å². The number of nitrogens with zero attached hydrogens (tertiary/aromatic N) is 1. The van der Waals surface area contributed by atoms with Gasteiger partial charge in [0, 0.05) is 13.1 Å². The summed E-state index contributed by atoms with van der Waals surface area (Å²) in [4.78, 5) is 2.07. The van der Waals surface area contributed by atoms with Gasteiger partial charge in [-0.1, -0.05) is 0 Å². The molecule has 0 aromatic heterocycles. The summed E-state index contributed by atoms with van der Waals surface area (Å²) >= 11 is 0. The Morgan fingerprint density at radius 1 is 1.53 bits per heavy atom. The first kappa shape index (κ1) is 10.2. The van der Waals surface area contributed by atoms with E-state index < -0.39 is 0 Å². The van der Waals surface area contributed by atoms with Crippen LogP contribution in [0, 0.1) is 5.82 Å². The van der Waals surface area contributed by atoms with Crippen molar-refractivity contribution in [2.24, 2.45) is 5.73 Å². The van der Waals surface area contributed by atoms with Gasteiger partial charge < -0.3 is 15.4 Å². The van der Waals surface area contributed by atoms with Gasteiger partial charge in [0.1, 0.15) is 18.2 Å². The topological polar surface area (TPSA) is 38.5 Å². The monoisotopic (exact) mass is 210 g/mol. The molecule has 1 aromatic rings. The van der Waals surface area contributed by atoms with Crippen LogP contribution in [0.2, 0.25) is 0 Å². The number of fused-ring (bicyclic) bond motifs is 1. The van der Waals surface area contributed by atoms with Crippen molar-refractivity contribution in [1.29, 1.82) is 0 Å². The molecule has 0 fully saturated rings. The van der Waals surface area contributed by atoms with Gasteiger partial charge in [-0.2, -0.15) is 0 Å². The number of rotatable bonds is 2. The first-order valence-corrected chi connectivity index (χ1v) is 5.09. The lowest BCUT2D eigenvalue weighted by atomic mass is 10.1. The van der Waals surface area contributed by atoms with Crippen molar-refractivity contribution in [2.75, 3.05) is 31.6 Å². The summed E-state index contributed by atoms with van der Waals surface area (Å²) in [6, 6.07) is 3.28. The van der Waals surface area contributed by atoms with Crippen LogP contribution in [-0.4, -0.2) is 26.7 Å². The van der Waals surface area contributed by atoms with Crippen LogP contribution in [0.25, 0.3) is 0 Å². The summed E-state index contributed by atoms with van der Waals surface area (Å²) < 4.78 is 18.9. The van der Waals surface area contributed by atoms with Crippen LogP contribution in [-0.2, 0) is 6.42 Å². The second kappa shape index (κ2) is 4.06. The van der Waals surface area contributed by atoms with Crippen molar-refractivity contribution in [3.8, 4) is 5.75 Å². The van der Waals surface area contributed by atoms with E-state index in [1.165, 1.54) is 6.07 Å². The molecular formula is C11H15FN2O. The lowest BCUT2D eigenvalue weighted by Crippen LogP contribution is -2.29. The Morgan fingerprint density at radius 2 is 2.33 bits per heavy atom. The highest BCUT2D eigenvalue weighted by molar-refractivity contribution is 5.61. The lowest BCUT2D eigenvalue weighted by molar-refractivity contribution is 0.309. The van der Waals surface area contributed by atoms with Crippen molar-refractivity contribution < 1.29 is 9.13 Å². The maximum Gasteiger partial charge on any atom is 0.145 e. The summed E-state index contributed by atoms with van der Waals surface area (Å²) in [6.45, 7) is 1.90. The van der Waals surface area contributed by atoms with Gasteiger partial charge in [-0.25, -0.2) is 4.39 Å². The molecule has 0 atom stereocenters. The minimum Gasteiger partial charge on any atom is -0.489 e. The smallest absolute Gasteiger partial charge is 0.145 e. The average molecular weight is 210 g/mol. The van der Waals surface area contributed by atoms with E-state index in [4.69, 9.17) is 10.5 Å². The number of halogens is 1. The fraction of sp³-hybridized carbons (Fsp3) is 0.455. The Morgan fingerprint density at radius 3 is 3.07 bits per heavy atom. The Balaban J connectivity index is 2.41. The molecule has 0 aliphatic carbocycles. The van der Waals surface area contributed by atoms with E-state index in [1.54, 1.807) is 0 Å². The Kier molecular flexibility index (Phi) is 2.77. The van der Waals surface area contributed by atoms with Gasteiger partial charge in [0.2, 0.25) is 0 Å². The first-order valence-electron chi connectivity index (χ1n) is 5.09. The van der Waals surface area contributed by atoms with Gasteiger partial charge in [-0.15, -0.1) is 0 Å². The maximum absolute atomic E-state index is 13.5. The molecule has 0 amide bonds. The molecule has 82 valence electrons.